The first-order chi connectivity index (χ1) is 7.93. The van der Waals surface area contributed by atoms with Crippen LogP contribution < -0.4 is 4.90 Å². The van der Waals surface area contributed by atoms with E-state index in [0.29, 0.717) is 17.5 Å². The summed E-state index contributed by atoms with van der Waals surface area (Å²) >= 11 is 0. The molecule has 0 radical (unpaired) electrons. The maximum atomic E-state index is 8.96. The van der Waals surface area contributed by atoms with Crippen LogP contribution in [-0.4, -0.2) is 18.1 Å². The second-order valence-electron chi connectivity index (χ2n) is 5.06. The normalized spacial score (nSPS) is 12.3. The molecule has 17 heavy (non-hydrogen) atoms. The molecule has 92 valence electrons. The van der Waals surface area contributed by atoms with Crippen LogP contribution in [0.1, 0.15) is 38.4 Å². The van der Waals surface area contributed by atoms with E-state index in [2.05, 4.69) is 36.7 Å². The summed E-state index contributed by atoms with van der Waals surface area (Å²) in [5.41, 5.74) is 1.57. The van der Waals surface area contributed by atoms with Crippen LogP contribution in [-0.2, 0) is 0 Å². The van der Waals surface area contributed by atoms with Gasteiger partial charge in [-0.25, -0.2) is 4.98 Å². The SMILES string of the molecule is Cc1cc(C#N)cc(N(C)C(C)CC(C)C)n1. The molecule has 0 aromatic carbocycles. The van der Waals surface area contributed by atoms with Crippen LogP contribution in [0.15, 0.2) is 12.1 Å². The zero-order valence-electron chi connectivity index (χ0n) is 11.4. The summed E-state index contributed by atoms with van der Waals surface area (Å²) in [6, 6.07) is 6.26. The van der Waals surface area contributed by atoms with Crippen molar-refractivity contribution in [2.24, 2.45) is 5.92 Å². The van der Waals surface area contributed by atoms with E-state index in [0.717, 1.165) is 17.9 Å². The van der Waals surface area contributed by atoms with Gasteiger partial charge in [-0.2, -0.15) is 5.26 Å². The van der Waals surface area contributed by atoms with Crippen molar-refractivity contribution < 1.29 is 0 Å². The minimum Gasteiger partial charge on any atom is -0.357 e. The first kappa shape index (κ1) is 13.5. The maximum absolute atomic E-state index is 8.96. The van der Waals surface area contributed by atoms with E-state index in [1.165, 1.54) is 0 Å². The number of hydrogen-bond donors (Lipinski definition) is 0. The molecule has 0 N–H and O–H groups in total. The highest BCUT2D eigenvalue weighted by Crippen LogP contribution is 2.18. The molecular weight excluding hydrogens is 210 g/mol. The summed E-state index contributed by atoms with van der Waals surface area (Å²) < 4.78 is 0. The lowest BCUT2D eigenvalue weighted by molar-refractivity contribution is 0.502. The number of anilines is 1. The monoisotopic (exact) mass is 231 g/mol. The molecule has 1 heterocycles. The quantitative estimate of drug-likeness (QED) is 0.799. The van der Waals surface area contributed by atoms with Crippen LogP contribution in [0.3, 0.4) is 0 Å². The number of aromatic nitrogens is 1. The third-order valence-electron chi connectivity index (χ3n) is 2.90. The molecule has 0 aliphatic rings. The van der Waals surface area contributed by atoms with E-state index in [1.807, 2.05) is 26.1 Å². The molecule has 0 spiro atoms. The van der Waals surface area contributed by atoms with E-state index < -0.39 is 0 Å². The summed E-state index contributed by atoms with van der Waals surface area (Å²) in [4.78, 5) is 6.63. The Labute approximate surface area is 104 Å². The van der Waals surface area contributed by atoms with Crippen LogP contribution >= 0.6 is 0 Å². The Morgan fingerprint density at radius 1 is 1.35 bits per heavy atom. The predicted octanol–water partition coefficient (Wildman–Crippen LogP) is 3.13. The molecule has 1 unspecified atom stereocenters. The molecule has 0 amide bonds. The molecule has 1 rings (SSSR count). The number of pyridine rings is 1. The lowest BCUT2D eigenvalue weighted by atomic mass is 10.0. The van der Waals surface area contributed by atoms with Crippen molar-refractivity contribution in [2.75, 3.05) is 11.9 Å². The van der Waals surface area contributed by atoms with Crippen molar-refractivity contribution in [2.45, 2.75) is 40.2 Å². The smallest absolute Gasteiger partial charge is 0.130 e. The van der Waals surface area contributed by atoms with E-state index in [-0.39, 0.29) is 0 Å². The molecule has 0 aliphatic carbocycles. The van der Waals surface area contributed by atoms with E-state index in [9.17, 15) is 0 Å². The summed E-state index contributed by atoms with van der Waals surface area (Å²) in [6.07, 6.45) is 1.12. The molecular formula is C14H21N3. The maximum Gasteiger partial charge on any atom is 0.130 e. The molecule has 0 saturated heterocycles. The van der Waals surface area contributed by atoms with Crippen LogP contribution in [0.5, 0.6) is 0 Å². The first-order valence-electron chi connectivity index (χ1n) is 6.05. The fraction of sp³-hybridized carbons (Fsp3) is 0.571. The number of nitrogens with zero attached hydrogens (tertiary/aromatic N) is 3. The van der Waals surface area contributed by atoms with Crippen molar-refractivity contribution in [3.63, 3.8) is 0 Å². The zero-order chi connectivity index (χ0) is 13.0. The third kappa shape index (κ3) is 3.74. The Hall–Kier alpha value is -1.56. The topological polar surface area (TPSA) is 39.9 Å². The lowest BCUT2D eigenvalue weighted by Crippen LogP contribution is -2.30. The van der Waals surface area contributed by atoms with Gasteiger partial charge in [0.05, 0.1) is 11.6 Å². The molecule has 3 heteroatoms. The predicted molar refractivity (Wildman–Crippen MR) is 71.0 cm³/mol. The second-order valence-corrected chi connectivity index (χ2v) is 5.06. The second kappa shape index (κ2) is 5.67. The highest BCUT2D eigenvalue weighted by Gasteiger charge is 2.13. The minimum absolute atomic E-state index is 0.427. The van der Waals surface area contributed by atoms with Gasteiger partial charge in [0, 0.05) is 18.8 Å². The van der Waals surface area contributed by atoms with Crippen LogP contribution in [0.2, 0.25) is 0 Å². The Balaban J connectivity index is 2.92. The fourth-order valence-electron chi connectivity index (χ4n) is 1.96. The van der Waals surface area contributed by atoms with Gasteiger partial charge in [-0.1, -0.05) is 13.8 Å². The van der Waals surface area contributed by atoms with Gasteiger partial charge in [0.2, 0.25) is 0 Å². The van der Waals surface area contributed by atoms with Crippen LogP contribution in [0.4, 0.5) is 5.82 Å². The van der Waals surface area contributed by atoms with E-state index >= 15 is 0 Å². The van der Waals surface area contributed by atoms with Crippen molar-refractivity contribution in [1.82, 2.24) is 4.98 Å². The number of nitriles is 1. The Kier molecular flexibility index (Phi) is 4.51. The highest BCUT2D eigenvalue weighted by molar-refractivity contribution is 5.46. The summed E-state index contributed by atoms with van der Waals surface area (Å²) in [5.74, 6) is 1.54. The Bertz CT molecular complexity index is 418. The summed E-state index contributed by atoms with van der Waals surface area (Å²) in [6.45, 7) is 8.55. The number of rotatable bonds is 4. The van der Waals surface area contributed by atoms with Crippen molar-refractivity contribution >= 4 is 5.82 Å². The standard InChI is InChI=1S/C14H21N3/c1-10(2)6-12(4)17(5)14-8-13(9-15)7-11(3)16-14/h7-8,10,12H,6H2,1-5H3. The Morgan fingerprint density at radius 3 is 2.53 bits per heavy atom. The van der Waals surface area contributed by atoms with Crippen molar-refractivity contribution in [3.8, 4) is 6.07 Å². The highest BCUT2D eigenvalue weighted by atomic mass is 15.2. The van der Waals surface area contributed by atoms with Gasteiger partial charge in [-0.3, -0.25) is 0 Å². The van der Waals surface area contributed by atoms with Gasteiger partial charge in [0.15, 0.2) is 0 Å². The fourth-order valence-corrected chi connectivity index (χ4v) is 1.96. The van der Waals surface area contributed by atoms with Crippen molar-refractivity contribution in [3.05, 3.63) is 23.4 Å². The zero-order valence-corrected chi connectivity index (χ0v) is 11.4. The van der Waals surface area contributed by atoms with E-state index in [1.54, 1.807) is 0 Å². The van der Waals surface area contributed by atoms with Gasteiger partial charge < -0.3 is 4.90 Å². The van der Waals surface area contributed by atoms with Gasteiger partial charge in [-0.15, -0.1) is 0 Å². The average molecular weight is 231 g/mol. The third-order valence-corrected chi connectivity index (χ3v) is 2.90. The minimum atomic E-state index is 0.427. The van der Waals surface area contributed by atoms with Gasteiger partial charge in [-0.05, 0) is 38.3 Å². The van der Waals surface area contributed by atoms with Crippen molar-refractivity contribution in [1.29, 1.82) is 5.26 Å². The molecule has 1 aromatic rings. The molecule has 0 saturated carbocycles. The molecule has 0 aliphatic heterocycles. The summed E-state index contributed by atoms with van der Waals surface area (Å²) in [7, 11) is 2.04. The number of aryl methyl sites for hydroxylation is 1. The summed E-state index contributed by atoms with van der Waals surface area (Å²) in [5, 5.41) is 8.96. The molecule has 3 nitrogen and oxygen atoms in total. The molecule has 1 aromatic heterocycles. The number of hydrogen-bond acceptors (Lipinski definition) is 3. The molecule has 0 bridgehead atoms. The van der Waals surface area contributed by atoms with Gasteiger partial charge in [0.1, 0.15) is 5.82 Å². The van der Waals surface area contributed by atoms with Gasteiger partial charge in [0.25, 0.3) is 0 Å². The molecule has 0 fully saturated rings. The molecule has 1 atom stereocenters. The first-order valence-corrected chi connectivity index (χ1v) is 6.05. The lowest BCUT2D eigenvalue weighted by Gasteiger charge is -2.27. The Morgan fingerprint density at radius 2 is 2.00 bits per heavy atom. The van der Waals surface area contributed by atoms with Gasteiger partial charge >= 0.3 is 0 Å². The van der Waals surface area contributed by atoms with Crippen LogP contribution in [0, 0.1) is 24.2 Å². The van der Waals surface area contributed by atoms with Crippen LogP contribution in [0.25, 0.3) is 0 Å². The largest absolute Gasteiger partial charge is 0.357 e. The average Bonchev–Trinajstić information content (AvgIpc) is 2.26. The van der Waals surface area contributed by atoms with E-state index in [4.69, 9.17) is 5.26 Å².